The molecule has 0 amide bonds. The number of Topliss-reactive ketones (excluding diaryl/α,β-unsaturated/α-hetero) is 1. The first-order valence-corrected chi connectivity index (χ1v) is 6.76. The van der Waals surface area contributed by atoms with Crippen LogP contribution in [0.2, 0.25) is 0 Å². The highest BCUT2D eigenvalue weighted by atomic mass is 19.1. The Bertz CT molecular complexity index is 649. The number of ketones is 1. The van der Waals surface area contributed by atoms with Crippen molar-refractivity contribution in [2.75, 3.05) is 6.61 Å². The molecule has 0 radical (unpaired) electrons. The number of hydrogen-bond donors (Lipinski definition) is 0. The quantitative estimate of drug-likeness (QED) is 0.794. The van der Waals surface area contributed by atoms with Crippen LogP contribution in [0.5, 0.6) is 5.75 Å². The Hall–Kier alpha value is -2.16. The molecule has 102 valence electrons. The SMILES string of the molecule is O=C(COc1ccccc1F)c1ccc2c(c1)CCC2. The Balaban J connectivity index is 1.69. The molecule has 1 aliphatic rings. The van der Waals surface area contributed by atoms with Gasteiger partial charge in [0, 0.05) is 5.56 Å². The summed E-state index contributed by atoms with van der Waals surface area (Å²) in [6, 6.07) is 11.9. The van der Waals surface area contributed by atoms with Crippen molar-refractivity contribution in [3.8, 4) is 5.75 Å². The molecule has 1 aliphatic carbocycles. The van der Waals surface area contributed by atoms with Crippen LogP contribution in [0.3, 0.4) is 0 Å². The summed E-state index contributed by atoms with van der Waals surface area (Å²) in [6.07, 6.45) is 3.28. The molecule has 2 nitrogen and oxygen atoms in total. The third-order valence-electron chi connectivity index (χ3n) is 3.62. The molecule has 0 saturated heterocycles. The molecule has 0 fully saturated rings. The normalized spacial score (nSPS) is 13.1. The average Bonchev–Trinajstić information content (AvgIpc) is 2.93. The number of carbonyl (C=O) groups excluding carboxylic acids is 1. The molecule has 0 saturated carbocycles. The van der Waals surface area contributed by atoms with E-state index in [2.05, 4.69) is 0 Å². The van der Waals surface area contributed by atoms with E-state index >= 15 is 0 Å². The molecule has 0 N–H and O–H groups in total. The van der Waals surface area contributed by atoms with Gasteiger partial charge in [0.1, 0.15) is 0 Å². The van der Waals surface area contributed by atoms with Crippen molar-refractivity contribution in [2.24, 2.45) is 0 Å². The number of carbonyl (C=O) groups is 1. The first-order valence-electron chi connectivity index (χ1n) is 6.76. The van der Waals surface area contributed by atoms with Crippen LogP contribution in [-0.4, -0.2) is 12.4 Å². The number of para-hydroxylation sites is 1. The summed E-state index contributed by atoms with van der Waals surface area (Å²) < 4.78 is 18.6. The molecular formula is C17H15FO2. The van der Waals surface area contributed by atoms with E-state index in [1.165, 1.54) is 23.3 Å². The van der Waals surface area contributed by atoms with Gasteiger partial charge in [0.2, 0.25) is 0 Å². The first kappa shape index (κ1) is 12.9. The van der Waals surface area contributed by atoms with Crippen LogP contribution in [-0.2, 0) is 12.8 Å². The van der Waals surface area contributed by atoms with Crippen molar-refractivity contribution < 1.29 is 13.9 Å². The molecule has 3 rings (SSSR count). The second-order valence-electron chi connectivity index (χ2n) is 4.98. The molecule has 2 aromatic rings. The lowest BCUT2D eigenvalue weighted by Gasteiger charge is -2.07. The van der Waals surface area contributed by atoms with Gasteiger partial charge in [0.15, 0.2) is 24.0 Å². The van der Waals surface area contributed by atoms with Crippen LogP contribution >= 0.6 is 0 Å². The van der Waals surface area contributed by atoms with E-state index in [1.807, 2.05) is 18.2 Å². The van der Waals surface area contributed by atoms with E-state index in [-0.39, 0.29) is 18.1 Å². The van der Waals surface area contributed by atoms with Crippen LogP contribution in [0, 0.1) is 5.82 Å². The number of fused-ring (bicyclic) bond motifs is 1. The standard InChI is InChI=1S/C17H15FO2/c18-15-6-1-2-7-17(15)20-11-16(19)14-9-8-12-4-3-5-13(12)10-14/h1-2,6-10H,3-5,11H2. The Kier molecular flexibility index (Phi) is 3.50. The minimum absolute atomic E-state index is 0.113. The highest BCUT2D eigenvalue weighted by Gasteiger charge is 2.14. The highest BCUT2D eigenvalue weighted by molar-refractivity contribution is 5.97. The first-order chi connectivity index (χ1) is 9.74. The predicted molar refractivity (Wildman–Crippen MR) is 74.7 cm³/mol. The zero-order chi connectivity index (χ0) is 13.9. The smallest absolute Gasteiger partial charge is 0.200 e. The molecule has 0 unspecified atom stereocenters. The van der Waals surface area contributed by atoms with Crippen LogP contribution < -0.4 is 4.74 Å². The molecule has 0 bridgehead atoms. The van der Waals surface area contributed by atoms with Crippen LogP contribution in [0.1, 0.15) is 27.9 Å². The molecule has 0 heterocycles. The van der Waals surface area contributed by atoms with Crippen LogP contribution in [0.25, 0.3) is 0 Å². The molecule has 2 aromatic carbocycles. The lowest BCUT2D eigenvalue weighted by atomic mass is 10.0. The summed E-state index contributed by atoms with van der Waals surface area (Å²) in [5.41, 5.74) is 3.22. The van der Waals surface area contributed by atoms with Gasteiger partial charge in [0.25, 0.3) is 0 Å². The maximum absolute atomic E-state index is 13.4. The van der Waals surface area contributed by atoms with E-state index in [0.29, 0.717) is 5.56 Å². The summed E-state index contributed by atoms with van der Waals surface area (Å²) in [7, 11) is 0. The maximum Gasteiger partial charge on any atom is 0.200 e. The van der Waals surface area contributed by atoms with Crippen molar-refractivity contribution in [3.05, 3.63) is 65.0 Å². The number of benzene rings is 2. The van der Waals surface area contributed by atoms with Crippen LogP contribution in [0.4, 0.5) is 4.39 Å². The molecule has 3 heteroatoms. The molecule has 0 aliphatic heterocycles. The predicted octanol–water partition coefficient (Wildman–Crippen LogP) is 3.58. The topological polar surface area (TPSA) is 26.3 Å². The van der Waals surface area contributed by atoms with Gasteiger partial charge in [-0.25, -0.2) is 4.39 Å². The zero-order valence-corrected chi connectivity index (χ0v) is 11.1. The summed E-state index contributed by atoms with van der Waals surface area (Å²) in [5.74, 6) is -0.459. The van der Waals surface area contributed by atoms with Gasteiger partial charge < -0.3 is 4.74 Å². The Labute approximate surface area is 117 Å². The van der Waals surface area contributed by atoms with E-state index in [9.17, 15) is 9.18 Å². The van der Waals surface area contributed by atoms with Gasteiger partial charge in [-0.3, -0.25) is 4.79 Å². The maximum atomic E-state index is 13.4. The number of hydrogen-bond acceptors (Lipinski definition) is 2. The number of halogens is 1. The monoisotopic (exact) mass is 270 g/mol. The fourth-order valence-electron chi connectivity index (χ4n) is 2.53. The second kappa shape index (κ2) is 5.45. The van der Waals surface area contributed by atoms with Crippen LogP contribution in [0.15, 0.2) is 42.5 Å². The molecular weight excluding hydrogens is 255 g/mol. The fraction of sp³-hybridized carbons (Fsp3) is 0.235. The van der Waals surface area contributed by atoms with Gasteiger partial charge in [0.05, 0.1) is 0 Å². The van der Waals surface area contributed by atoms with Crippen molar-refractivity contribution in [1.29, 1.82) is 0 Å². The molecule has 20 heavy (non-hydrogen) atoms. The Morgan fingerprint density at radius 3 is 2.75 bits per heavy atom. The third-order valence-corrected chi connectivity index (χ3v) is 3.62. The fourth-order valence-corrected chi connectivity index (χ4v) is 2.53. The summed E-state index contributed by atoms with van der Waals surface area (Å²) in [5, 5.41) is 0. The summed E-state index contributed by atoms with van der Waals surface area (Å²) >= 11 is 0. The van der Waals surface area contributed by atoms with Crippen molar-refractivity contribution in [3.63, 3.8) is 0 Å². The molecule has 0 atom stereocenters. The minimum atomic E-state index is -0.450. The van der Waals surface area contributed by atoms with Crippen molar-refractivity contribution >= 4 is 5.78 Å². The van der Waals surface area contributed by atoms with Gasteiger partial charge >= 0.3 is 0 Å². The van der Waals surface area contributed by atoms with E-state index in [0.717, 1.165) is 19.3 Å². The zero-order valence-electron chi connectivity index (χ0n) is 11.1. The van der Waals surface area contributed by atoms with E-state index in [4.69, 9.17) is 4.74 Å². The number of aryl methyl sites for hydroxylation is 2. The Morgan fingerprint density at radius 2 is 1.90 bits per heavy atom. The van der Waals surface area contributed by atoms with Crippen molar-refractivity contribution in [1.82, 2.24) is 0 Å². The summed E-state index contributed by atoms with van der Waals surface area (Å²) in [4.78, 5) is 12.1. The third kappa shape index (κ3) is 2.57. The Morgan fingerprint density at radius 1 is 1.10 bits per heavy atom. The highest BCUT2D eigenvalue weighted by Crippen LogP contribution is 2.23. The average molecular weight is 270 g/mol. The molecule has 0 aromatic heterocycles. The largest absolute Gasteiger partial charge is 0.482 e. The number of rotatable bonds is 4. The minimum Gasteiger partial charge on any atom is -0.482 e. The van der Waals surface area contributed by atoms with E-state index in [1.54, 1.807) is 12.1 Å². The van der Waals surface area contributed by atoms with Gasteiger partial charge in [-0.15, -0.1) is 0 Å². The lowest BCUT2D eigenvalue weighted by molar-refractivity contribution is 0.0918. The van der Waals surface area contributed by atoms with Crippen molar-refractivity contribution in [2.45, 2.75) is 19.3 Å². The lowest BCUT2D eigenvalue weighted by Crippen LogP contribution is -2.12. The molecule has 0 spiro atoms. The van der Waals surface area contributed by atoms with Gasteiger partial charge in [-0.2, -0.15) is 0 Å². The number of ether oxygens (including phenoxy) is 1. The van der Waals surface area contributed by atoms with Gasteiger partial charge in [-0.05, 0) is 48.6 Å². The summed E-state index contributed by atoms with van der Waals surface area (Å²) in [6.45, 7) is -0.139. The van der Waals surface area contributed by atoms with Gasteiger partial charge in [-0.1, -0.05) is 24.3 Å². The second-order valence-corrected chi connectivity index (χ2v) is 4.98. The van der Waals surface area contributed by atoms with E-state index < -0.39 is 5.82 Å².